The van der Waals surface area contributed by atoms with Crippen molar-refractivity contribution in [1.29, 1.82) is 0 Å². The van der Waals surface area contributed by atoms with Crippen molar-refractivity contribution in [3.8, 4) is 0 Å². The van der Waals surface area contributed by atoms with Crippen molar-refractivity contribution in [2.75, 3.05) is 39.8 Å². The molecule has 1 atom stereocenters. The molecule has 2 fully saturated rings. The van der Waals surface area contributed by atoms with Gasteiger partial charge in [0.05, 0.1) is 19.6 Å². The van der Waals surface area contributed by atoms with Gasteiger partial charge in [0.25, 0.3) is 0 Å². The number of methoxy groups -OCH3 is 1. The second kappa shape index (κ2) is 8.48. The molecule has 0 saturated carbocycles. The summed E-state index contributed by atoms with van der Waals surface area (Å²) < 4.78 is 4.79. The van der Waals surface area contributed by atoms with Crippen molar-refractivity contribution >= 4 is 11.9 Å². The summed E-state index contributed by atoms with van der Waals surface area (Å²) in [4.78, 5) is 28.2. The molecule has 6 heteroatoms. The number of amides is 1. The Bertz CT molecular complexity index is 379. The average molecular weight is 311 g/mol. The molecule has 2 N–H and O–H groups in total. The number of likely N-dealkylation sites (tertiary alicyclic amines) is 2. The van der Waals surface area contributed by atoms with Gasteiger partial charge in [0, 0.05) is 19.1 Å². The predicted molar refractivity (Wildman–Crippen MR) is 84.2 cm³/mol. The molecule has 6 nitrogen and oxygen atoms in total. The summed E-state index contributed by atoms with van der Waals surface area (Å²) in [6, 6.07) is 0.454. The van der Waals surface area contributed by atoms with E-state index in [4.69, 9.17) is 10.5 Å². The van der Waals surface area contributed by atoms with Gasteiger partial charge in [-0.3, -0.25) is 14.5 Å². The molecule has 126 valence electrons. The molecule has 1 unspecified atom stereocenters. The summed E-state index contributed by atoms with van der Waals surface area (Å²) in [7, 11) is 1.42. The highest BCUT2D eigenvalue weighted by Gasteiger charge is 2.30. The third-order valence-corrected chi connectivity index (χ3v) is 4.97. The number of ether oxygens (including phenoxy) is 1. The second-order valence-corrected chi connectivity index (χ2v) is 6.38. The molecule has 2 aliphatic rings. The molecule has 0 spiro atoms. The summed E-state index contributed by atoms with van der Waals surface area (Å²) in [6.07, 6.45) is 5.94. The van der Waals surface area contributed by atoms with E-state index >= 15 is 0 Å². The van der Waals surface area contributed by atoms with E-state index < -0.39 is 0 Å². The van der Waals surface area contributed by atoms with Crippen LogP contribution in [0.15, 0.2) is 0 Å². The Morgan fingerprint density at radius 1 is 1.14 bits per heavy atom. The van der Waals surface area contributed by atoms with Crippen LogP contribution >= 0.6 is 0 Å². The SMILES string of the molecule is COC(=O)C1CCN(C(=O)CN2CCCCC2CCN)CC1. The third kappa shape index (κ3) is 4.43. The number of carbonyl (C=O) groups excluding carboxylic acids is 2. The number of esters is 1. The van der Waals surface area contributed by atoms with Crippen LogP contribution in [0, 0.1) is 5.92 Å². The van der Waals surface area contributed by atoms with Crippen molar-refractivity contribution in [3.63, 3.8) is 0 Å². The molecule has 0 aromatic heterocycles. The number of hydrogen-bond donors (Lipinski definition) is 1. The Labute approximate surface area is 132 Å². The summed E-state index contributed by atoms with van der Waals surface area (Å²) in [5, 5.41) is 0. The van der Waals surface area contributed by atoms with Gasteiger partial charge >= 0.3 is 5.97 Å². The fourth-order valence-corrected chi connectivity index (χ4v) is 3.59. The standard InChI is InChI=1S/C16H29N3O3/c1-22-16(21)13-6-10-18(11-7-13)15(20)12-19-9-3-2-4-14(19)5-8-17/h13-14H,2-12,17H2,1H3. The lowest BCUT2D eigenvalue weighted by molar-refractivity contribution is -0.149. The lowest BCUT2D eigenvalue weighted by atomic mass is 9.96. The van der Waals surface area contributed by atoms with E-state index in [1.165, 1.54) is 20.0 Å². The fourth-order valence-electron chi connectivity index (χ4n) is 3.59. The highest BCUT2D eigenvalue weighted by Crippen LogP contribution is 2.21. The van der Waals surface area contributed by atoms with Crippen LogP contribution in [0.5, 0.6) is 0 Å². The van der Waals surface area contributed by atoms with Crippen molar-refractivity contribution in [2.24, 2.45) is 11.7 Å². The number of nitrogens with zero attached hydrogens (tertiary/aromatic N) is 2. The Morgan fingerprint density at radius 3 is 2.50 bits per heavy atom. The lowest BCUT2D eigenvalue weighted by Crippen LogP contribution is -2.49. The maximum absolute atomic E-state index is 12.5. The molecule has 22 heavy (non-hydrogen) atoms. The van der Waals surface area contributed by atoms with E-state index in [2.05, 4.69) is 4.90 Å². The molecule has 1 amide bonds. The summed E-state index contributed by atoms with van der Waals surface area (Å²) in [5.41, 5.74) is 5.69. The largest absolute Gasteiger partial charge is 0.469 e. The Hall–Kier alpha value is -1.14. The highest BCUT2D eigenvalue weighted by molar-refractivity contribution is 5.79. The number of rotatable bonds is 5. The summed E-state index contributed by atoms with van der Waals surface area (Å²) >= 11 is 0. The van der Waals surface area contributed by atoms with Crippen LogP contribution in [0.4, 0.5) is 0 Å². The fraction of sp³-hybridized carbons (Fsp3) is 0.875. The first-order chi connectivity index (χ1) is 10.7. The van der Waals surface area contributed by atoms with E-state index in [1.807, 2.05) is 4.90 Å². The van der Waals surface area contributed by atoms with E-state index in [0.717, 1.165) is 19.4 Å². The van der Waals surface area contributed by atoms with Gasteiger partial charge in [0.15, 0.2) is 0 Å². The van der Waals surface area contributed by atoms with Gasteiger partial charge in [-0.15, -0.1) is 0 Å². The van der Waals surface area contributed by atoms with Crippen molar-refractivity contribution in [1.82, 2.24) is 9.80 Å². The normalized spacial score (nSPS) is 24.3. The monoisotopic (exact) mass is 311 g/mol. The van der Waals surface area contributed by atoms with Crippen molar-refractivity contribution in [3.05, 3.63) is 0 Å². The molecule has 0 aromatic carbocycles. The van der Waals surface area contributed by atoms with Gasteiger partial charge in [-0.2, -0.15) is 0 Å². The second-order valence-electron chi connectivity index (χ2n) is 6.38. The predicted octanol–water partition coefficient (Wildman–Crippen LogP) is 0.601. The van der Waals surface area contributed by atoms with Crippen molar-refractivity contribution < 1.29 is 14.3 Å². The van der Waals surface area contributed by atoms with Gasteiger partial charge in [0.2, 0.25) is 5.91 Å². The first-order valence-electron chi connectivity index (χ1n) is 8.45. The van der Waals surface area contributed by atoms with Crippen LogP contribution in [-0.4, -0.2) is 67.6 Å². The Kier molecular flexibility index (Phi) is 6.64. The molecule has 0 radical (unpaired) electrons. The number of piperidine rings is 2. The zero-order valence-electron chi connectivity index (χ0n) is 13.6. The molecule has 2 heterocycles. The highest BCUT2D eigenvalue weighted by atomic mass is 16.5. The van der Waals surface area contributed by atoms with Crippen LogP contribution in [-0.2, 0) is 14.3 Å². The smallest absolute Gasteiger partial charge is 0.308 e. The summed E-state index contributed by atoms with van der Waals surface area (Å²) in [5.74, 6) is -0.00704. The van der Waals surface area contributed by atoms with Gasteiger partial charge in [0.1, 0.15) is 0 Å². The lowest BCUT2D eigenvalue weighted by Gasteiger charge is -2.37. The zero-order chi connectivity index (χ0) is 15.9. The number of nitrogens with two attached hydrogens (primary N) is 1. The van der Waals surface area contributed by atoms with Gasteiger partial charge < -0.3 is 15.4 Å². The molecular weight excluding hydrogens is 282 g/mol. The Morgan fingerprint density at radius 2 is 1.86 bits per heavy atom. The van der Waals surface area contributed by atoms with Crippen LogP contribution in [0.25, 0.3) is 0 Å². The third-order valence-electron chi connectivity index (χ3n) is 4.97. The first-order valence-corrected chi connectivity index (χ1v) is 8.45. The molecule has 2 saturated heterocycles. The number of carbonyl (C=O) groups is 2. The van der Waals surface area contributed by atoms with Crippen molar-refractivity contribution in [2.45, 2.75) is 44.6 Å². The van der Waals surface area contributed by atoms with Gasteiger partial charge in [-0.05, 0) is 45.2 Å². The van der Waals surface area contributed by atoms with Gasteiger partial charge in [-0.25, -0.2) is 0 Å². The van der Waals surface area contributed by atoms with Gasteiger partial charge in [-0.1, -0.05) is 6.42 Å². The molecule has 0 aromatic rings. The zero-order valence-corrected chi connectivity index (χ0v) is 13.6. The van der Waals surface area contributed by atoms with Crippen LogP contribution in [0.3, 0.4) is 0 Å². The Balaban J connectivity index is 1.81. The molecule has 2 aliphatic heterocycles. The van der Waals surface area contributed by atoms with Crippen LogP contribution < -0.4 is 5.73 Å². The average Bonchev–Trinajstić information content (AvgIpc) is 2.56. The topological polar surface area (TPSA) is 75.9 Å². The van der Waals surface area contributed by atoms with E-state index in [-0.39, 0.29) is 17.8 Å². The molecule has 0 aliphatic carbocycles. The summed E-state index contributed by atoms with van der Waals surface area (Å²) in [6.45, 7) is 3.49. The number of hydrogen-bond acceptors (Lipinski definition) is 5. The molecule has 0 bridgehead atoms. The van der Waals surface area contributed by atoms with E-state index in [1.54, 1.807) is 0 Å². The molecule has 2 rings (SSSR count). The maximum atomic E-state index is 12.5. The minimum absolute atomic E-state index is 0.0472. The first kappa shape index (κ1) is 17.2. The van der Waals surface area contributed by atoms with E-state index in [9.17, 15) is 9.59 Å². The van der Waals surface area contributed by atoms with Crippen LogP contribution in [0.1, 0.15) is 38.5 Å². The molecular formula is C16H29N3O3. The minimum atomic E-state index is -0.147. The van der Waals surface area contributed by atoms with E-state index in [0.29, 0.717) is 45.1 Å². The quantitative estimate of drug-likeness (QED) is 0.753. The van der Waals surface area contributed by atoms with Crippen LogP contribution in [0.2, 0.25) is 0 Å². The minimum Gasteiger partial charge on any atom is -0.469 e. The maximum Gasteiger partial charge on any atom is 0.308 e.